The summed E-state index contributed by atoms with van der Waals surface area (Å²) in [6.07, 6.45) is 1.98. The van der Waals surface area contributed by atoms with Crippen molar-refractivity contribution >= 4 is 17.9 Å². The molecule has 0 bridgehead atoms. The summed E-state index contributed by atoms with van der Waals surface area (Å²) in [4.78, 5) is 33.4. The van der Waals surface area contributed by atoms with Crippen LogP contribution in [0.1, 0.15) is 26.7 Å². The molecule has 0 spiro atoms. The molecule has 7 nitrogen and oxygen atoms in total. The molecule has 18 heavy (non-hydrogen) atoms. The van der Waals surface area contributed by atoms with Crippen molar-refractivity contribution in [1.29, 1.82) is 0 Å². The number of carboxylic acid groups (broad SMARTS) is 1. The third-order valence-corrected chi connectivity index (χ3v) is 2.85. The van der Waals surface area contributed by atoms with Gasteiger partial charge in [-0.3, -0.25) is 9.59 Å². The number of urea groups is 1. The number of hydrogen-bond donors (Lipinski definition) is 4. The van der Waals surface area contributed by atoms with E-state index in [0.29, 0.717) is 0 Å². The van der Waals surface area contributed by atoms with Gasteiger partial charge in [-0.05, 0) is 26.7 Å². The van der Waals surface area contributed by atoms with E-state index in [2.05, 4.69) is 16.0 Å². The second-order valence-corrected chi connectivity index (χ2v) is 4.58. The molecule has 2 atom stereocenters. The largest absolute Gasteiger partial charge is 0.481 e. The molecular weight excluding hydrogens is 238 g/mol. The first-order valence-corrected chi connectivity index (χ1v) is 5.96. The van der Waals surface area contributed by atoms with Gasteiger partial charge in [-0.2, -0.15) is 0 Å². The number of amides is 3. The maximum atomic E-state index is 11.4. The first-order chi connectivity index (χ1) is 8.40. The van der Waals surface area contributed by atoms with Crippen molar-refractivity contribution in [3.8, 4) is 0 Å². The molecule has 0 radical (unpaired) electrons. The van der Waals surface area contributed by atoms with Crippen molar-refractivity contribution in [2.75, 3.05) is 6.54 Å². The molecule has 0 aromatic carbocycles. The summed E-state index contributed by atoms with van der Waals surface area (Å²) in [6.45, 7) is 3.01. The Hall–Kier alpha value is -1.79. The highest BCUT2D eigenvalue weighted by atomic mass is 16.4. The van der Waals surface area contributed by atoms with Gasteiger partial charge in [-0.15, -0.1) is 0 Å². The van der Waals surface area contributed by atoms with Crippen molar-refractivity contribution in [2.24, 2.45) is 5.92 Å². The highest BCUT2D eigenvalue weighted by Gasteiger charge is 2.24. The van der Waals surface area contributed by atoms with Gasteiger partial charge >= 0.3 is 12.0 Å². The molecule has 0 aromatic heterocycles. The van der Waals surface area contributed by atoms with Gasteiger partial charge in [-0.25, -0.2) is 4.79 Å². The van der Waals surface area contributed by atoms with Crippen LogP contribution in [-0.2, 0) is 9.59 Å². The molecule has 2 unspecified atom stereocenters. The van der Waals surface area contributed by atoms with E-state index < -0.39 is 24.0 Å². The Balaban J connectivity index is 2.19. The number of aliphatic carboxylic acids is 1. The predicted molar refractivity (Wildman–Crippen MR) is 64.0 cm³/mol. The van der Waals surface area contributed by atoms with E-state index in [1.54, 1.807) is 6.92 Å². The second-order valence-electron chi connectivity index (χ2n) is 4.58. The minimum atomic E-state index is -0.978. The normalized spacial score (nSPS) is 17.4. The zero-order valence-electron chi connectivity index (χ0n) is 10.5. The first kappa shape index (κ1) is 14.3. The maximum Gasteiger partial charge on any atom is 0.315 e. The smallest absolute Gasteiger partial charge is 0.315 e. The molecule has 102 valence electrons. The third-order valence-electron chi connectivity index (χ3n) is 2.85. The highest BCUT2D eigenvalue weighted by Crippen LogP contribution is 2.18. The SMILES string of the molecule is CC(NC(=O)NCC(=O)NC1CC1)C(C)C(=O)O. The Morgan fingerprint density at radius 1 is 1.28 bits per heavy atom. The molecule has 0 saturated heterocycles. The number of hydrogen-bond acceptors (Lipinski definition) is 3. The average molecular weight is 257 g/mol. The van der Waals surface area contributed by atoms with E-state index in [1.165, 1.54) is 6.92 Å². The maximum absolute atomic E-state index is 11.4. The summed E-state index contributed by atoms with van der Waals surface area (Å²) in [6, 6.07) is -0.788. The number of carbonyl (C=O) groups is 3. The summed E-state index contributed by atoms with van der Waals surface area (Å²) in [5, 5.41) is 16.3. The molecule has 1 fully saturated rings. The van der Waals surface area contributed by atoms with E-state index >= 15 is 0 Å². The summed E-state index contributed by atoms with van der Waals surface area (Å²) in [5.41, 5.74) is 0. The first-order valence-electron chi connectivity index (χ1n) is 5.96. The fourth-order valence-corrected chi connectivity index (χ4v) is 1.26. The molecular formula is C11H19N3O4. The Morgan fingerprint density at radius 3 is 2.39 bits per heavy atom. The van der Waals surface area contributed by atoms with Crippen LogP contribution in [0.2, 0.25) is 0 Å². The lowest BCUT2D eigenvalue weighted by Gasteiger charge is -2.18. The van der Waals surface area contributed by atoms with Gasteiger partial charge in [0.2, 0.25) is 5.91 Å². The van der Waals surface area contributed by atoms with E-state index in [-0.39, 0.29) is 18.5 Å². The van der Waals surface area contributed by atoms with Crippen LogP contribution in [0.15, 0.2) is 0 Å². The Labute approximate surface area is 105 Å². The topological polar surface area (TPSA) is 108 Å². The van der Waals surface area contributed by atoms with Crippen molar-refractivity contribution in [3.63, 3.8) is 0 Å². The molecule has 1 aliphatic rings. The third kappa shape index (κ3) is 5.03. The minimum Gasteiger partial charge on any atom is -0.481 e. The molecule has 3 amide bonds. The minimum absolute atomic E-state index is 0.101. The lowest BCUT2D eigenvalue weighted by atomic mass is 10.0. The molecule has 0 aromatic rings. The van der Waals surface area contributed by atoms with Crippen molar-refractivity contribution < 1.29 is 19.5 Å². The number of rotatable bonds is 6. The van der Waals surface area contributed by atoms with Crippen LogP contribution in [0.4, 0.5) is 4.79 Å². The van der Waals surface area contributed by atoms with E-state index in [0.717, 1.165) is 12.8 Å². The van der Waals surface area contributed by atoms with E-state index in [4.69, 9.17) is 5.11 Å². The van der Waals surface area contributed by atoms with Crippen molar-refractivity contribution in [3.05, 3.63) is 0 Å². The number of carboxylic acids is 1. The van der Waals surface area contributed by atoms with Gasteiger partial charge in [0.05, 0.1) is 12.5 Å². The van der Waals surface area contributed by atoms with Crippen LogP contribution in [0, 0.1) is 5.92 Å². The fourth-order valence-electron chi connectivity index (χ4n) is 1.26. The molecule has 1 saturated carbocycles. The van der Waals surface area contributed by atoms with Crippen LogP contribution in [0.25, 0.3) is 0 Å². The summed E-state index contributed by atoms with van der Waals surface area (Å²) in [7, 11) is 0. The van der Waals surface area contributed by atoms with Crippen molar-refractivity contribution in [1.82, 2.24) is 16.0 Å². The zero-order chi connectivity index (χ0) is 13.7. The van der Waals surface area contributed by atoms with Crippen molar-refractivity contribution in [2.45, 2.75) is 38.8 Å². The van der Waals surface area contributed by atoms with Gasteiger partial charge in [0, 0.05) is 12.1 Å². The lowest BCUT2D eigenvalue weighted by molar-refractivity contribution is -0.141. The van der Waals surface area contributed by atoms with E-state index in [9.17, 15) is 14.4 Å². The Morgan fingerprint density at radius 2 is 1.89 bits per heavy atom. The summed E-state index contributed by atoms with van der Waals surface area (Å²) >= 11 is 0. The second kappa shape index (κ2) is 6.23. The molecule has 4 N–H and O–H groups in total. The quantitative estimate of drug-likeness (QED) is 0.522. The molecule has 7 heteroatoms. The molecule has 0 heterocycles. The zero-order valence-corrected chi connectivity index (χ0v) is 10.5. The summed E-state index contributed by atoms with van der Waals surface area (Å²) < 4.78 is 0. The molecule has 1 aliphatic carbocycles. The monoisotopic (exact) mass is 257 g/mol. The van der Waals surface area contributed by atoms with Crippen LogP contribution >= 0.6 is 0 Å². The van der Waals surface area contributed by atoms with Gasteiger partial charge in [0.1, 0.15) is 0 Å². The van der Waals surface area contributed by atoms with Crippen LogP contribution in [0.3, 0.4) is 0 Å². The van der Waals surface area contributed by atoms with Gasteiger partial charge in [0.15, 0.2) is 0 Å². The number of nitrogens with one attached hydrogen (secondary N) is 3. The Kier molecular flexibility index (Phi) is 4.94. The molecule has 0 aliphatic heterocycles. The number of carbonyl (C=O) groups excluding carboxylic acids is 2. The average Bonchev–Trinajstić information content (AvgIpc) is 3.08. The predicted octanol–water partition coefficient (Wildman–Crippen LogP) is -0.327. The fraction of sp³-hybridized carbons (Fsp3) is 0.727. The highest BCUT2D eigenvalue weighted by molar-refractivity contribution is 5.84. The van der Waals surface area contributed by atoms with E-state index in [1.807, 2.05) is 0 Å². The van der Waals surface area contributed by atoms with Gasteiger partial charge in [0.25, 0.3) is 0 Å². The van der Waals surface area contributed by atoms with Gasteiger partial charge in [-0.1, -0.05) is 0 Å². The molecule has 1 rings (SSSR count). The van der Waals surface area contributed by atoms with Gasteiger partial charge < -0.3 is 21.1 Å². The van der Waals surface area contributed by atoms with Crippen LogP contribution < -0.4 is 16.0 Å². The van der Waals surface area contributed by atoms with Crippen LogP contribution in [-0.4, -0.2) is 41.6 Å². The van der Waals surface area contributed by atoms with Crippen LogP contribution in [0.5, 0.6) is 0 Å². The standard InChI is InChI=1S/C11H19N3O4/c1-6(10(16)17)7(2)13-11(18)12-5-9(15)14-8-3-4-8/h6-8H,3-5H2,1-2H3,(H,14,15)(H,16,17)(H2,12,13,18). The Bertz CT molecular complexity index is 341. The summed E-state index contributed by atoms with van der Waals surface area (Å²) in [5.74, 6) is -1.89. The lowest BCUT2D eigenvalue weighted by Crippen LogP contribution is -2.48.